The third-order valence-corrected chi connectivity index (χ3v) is 3.31. The molecule has 0 heterocycles. The average molecular weight is 376 g/mol. The minimum atomic E-state index is -1.79. The molecule has 0 radical (unpaired) electrons. The Morgan fingerprint density at radius 2 is 1.04 bits per heavy atom. The molecule has 9 N–H and O–H groups in total. The molecule has 8 atom stereocenters. The van der Waals surface area contributed by atoms with Gasteiger partial charge in [0.15, 0.2) is 12.6 Å². The summed E-state index contributed by atoms with van der Waals surface area (Å²) in [5.41, 5.74) is 0. The molecule has 11 nitrogen and oxygen atoms in total. The summed E-state index contributed by atoms with van der Waals surface area (Å²) in [5, 5.41) is 78.0. The highest BCUT2D eigenvalue weighted by Crippen LogP contribution is 2.08. The van der Waals surface area contributed by atoms with E-state index >= 15 is 0 Å². The first-order chi connectivity index (χ1) is 11.1. The molecule has 12 heteroatoms. The summed E-state index contributed by atoms with van der Waals surface area (Å²) in [6, 6.07) is 0. The van der Waals surface area contributed by atoms with Crippen LogP contribution < -0.4 is 0 Å². The number of thiol groups is 1. The second-order valence-corrected chi connectivity index (χ2v) is 5.38. The van der Waals surface area contributed by atoms with Gasteiger partial charge in [-0.3, -0.25) is 0 Å². The summed E-state index contributed by atoms with van der Waals surface area (Å²) in [6.45, 7) is -1.21. The zero-order valence-corrected chi connectivity index (χ0v) is 13.4. The second kappa shape index (κ2) is 13.6. The number of aliphatic hydroxyl groups is 9. The fourth-order valence-corrected chi connectivity index (χ4v) is 1.41. The van der Waals surface area contributed by atoms with E-state index in [9.17, 15) is 9.59 Å². The Labute approximate surface area is 142 Å². The van der Waals surface area contributed by atoms with E-state index in [-0.39, 0.29) is 12.6 Å². The Morgan fingerprint density at radius 1 is 0.667 bits per heavy atom. The fraction of sp³-hybridized carbons (Fsp3) is 0.833. The van der Waals surface area contributed by atoms with Crippen molar-refractivity contribution in [2.45, 2.75) is 48.0 Å². The van der Waals surface area contributed by atoms with Crippen LogP contribution in [0.2, 0.25) is 0 Å². The van der Waals surface area contributed by atoms with Crippen molar-refractivity contribution in [2.24, 2.45) is 0 Å². The van der Waals surface area contributed by atoms with E-state index in [2.05, 4.69) is 12.6 Å². The third kappa shape index (κ3) is 8.98. The van der Waals surface area contributed by atoms with Gasteiger partial charge in [0.1, 0.15) is 36.6 Å². The van der Waals surface area contributed by atoms with Crippen LogP contribution in [0.4, 0.5) is 0 Å². The molecular weight excluding hydrogens is 352 g/mol. The number of carbonyl (C=O) groups excluding carboxylic acids is 2. The molecule has 24 heavy (non-hydrogen) atoms. The molecule has 0 rings (SSSR count). The van der Waals surface area contributed by atoms with Gasteiger partial charge >= 0.3 is 0 Å². The van der Waals surface area contributed by atoms with Crippen molar-refractivity contribution in [3.05, 3.63) is 0 Å². The Morgan fingerprint density at radius 3 is 1.33 bits per heavy atom. The molecule has 0 aromatic heterocycles. The quantitative estimate of drug-likeness (QED) is 0.128. The molecule has 0 aliphatic heterocycles. The lowest BCUT2D eigenvalue weighted by atomic mass is 10.0. The van der Waals surface area contributed by atoms with Gasteiger partial charge in [0.2, 0.25) is 0 Å². The maximum absolute atomic E-state index is 9.95. The summed E-state index contributed by atoms with van der Waals surface area (Å²) < 4.78 is 0. The van der Waals surface area contributed by atoms with Crippen LogP contribution >= 0.6 is 12.6 Å². The van der Waals surface area contributed by atoms with Gasteiger partial charge in [0.25, 0.3) is 0 Å². The number of aliphatic hydroxyl groups excluding tert-OH is 9. The van der Waals surface area contributed by atoms with Gasteiger partial charge in [-0.25, -0.2) is 0 Å². The minimum absolute atomic E-state index is 0.0258. The number of hydrogen-bond donors (Lipinski definition) is 10. The second-order valence-electron chi connectivity index (χ2n) is 4.72. The van der Waals surface area contributed by atoms with Gasteiger partial charge < -0.3 is 55.5 Å². The topological polar surface area (TPSA) is 216 Å². The monoisotopic (exact) mass is 376 g/mol. The third-order valence-electron chi connectivity index (χ3n) is 2.84. The maximum Gasteiger partial charge on any atom is 0.151 e. The molecular formula is C12H24O11S. The van der Waals surface area contributed by atoms with Gasteiger partial charge in [-0.15, -0.1) is 0 Å². The first-order valence-corrected chi connectivity index (χ1v) is 7.17. The van der Waals surface area contributed by atoms with Crippen LogP contribution in [-0.4, -0.2) is 120 Å². The van der Waals surface area contributed by atoms with Crippen LogP contribution in [0, 0.1) is 0 Å². The molecule has 0 aliphatic rings. The van der Waals surface area contributed by atoms with Crippen molar-refractivity contribution >= 4 is 25.2 Å². The number of carbonyl (C=O) groups is 2. The van der Waals surface area contributed by atoms with Crippen LogP contribution in [0.3, 0.4) is 0 Å². The molecule has 0 aromatic rings. The van der Waals surface area contributed by atoms with Crippen molar-refractivity contribution in [1.82, 2.24) is 0 Å². The van der Waals surface area contributed by atoms with Crippen LogP contribution in [0.15, 0.2) is 0 Å². The molecule has 0 aliphatic carbocycles. The lowest BCUT2D eigenvalue weighted by molar-refractivity contribution is -0.136. The van der Waals surface area contributed by atoms with E-state index in [0.717, 1.165) is 0 Å². The SMILES string of the molecule is O=C[C@H](O)[C@@H](O)[C@H](O)[C@H](O)CO.O=C[C@H](O)[C@@H](O)[C@H](O)[C@H](S)CO. The van der Waals surface area contributed by atoms with Crippen molar-refractivity contribution in [1.29, 1.82) is 0 Å². The fourth-order valence-electron chi connectivity index (χ4n) is 1.24. The summed E-state index contributed by atoms with van der Waals surface area (Å²) in [7, 11) is 0. The van der Waals surface area contributed by atoms with Crippen molar-refractivity contribution in [3.63, 3.8) is 0 Å². The Bertz CT molecular complexity index is 313. The Kier molecular flexibility index (Phi) is 14.5. The molecule has 0 saturated heterocycles. The maximum atomic E-state index is 9.95. The van der Waals surface area contributed by atoms with Gasteiger partial charge in [-0.05, 0) is 0 Å². The summed E-state index contributed by atoms with van der Waals surface area (Å²) >= 11 is 3.71. The van der Waals surface area contributed by atoms with E-state index in [1.54, 1.807) is 0 Å². The van der Waals surface area contributed by atoms with Crippen LogP contribution in [0.1, 0.15) is 0 Å². The van der Waals surface area contributed by atoms with Gasteiger partial charge in [0, 0.05) is 0 Å². The molecule has 0 saturated carbocycles. The van der Waals surface area contributed by atoms with Crippen LogP contribution in [-0.2, 0) is 9.59 Å². The first-order valence-electron chi connectivity index (χ1n) is 6.65. The van der Waals surface area contributed by atoms with E-state index in [4.69, 9.17) is 46.0 Å². The number of aldehydes is 2. The predicted molar refractivity (Wildman–Crippen MR) is 81.1 cm³/mol. The molecule has 0 fully saturated rings. The minimum Gasteiger partial charge on any atom is -0.395 e. The zero-order valence-electron chi connectivity index (χ0n) is 12.5. The summed E-state index contributed by atoms with van der Waals surface area (Å²) in [5.74, 6) is 0. The number of rotatable bonds is 10. The summed E-state index contributed by atoms with van der Waals surface area (Å²) in [4.78, 5) is 19.8. The van der Waals surface area contributed by atoms with Gasteiger partial charge in [0.05, 0.1) is 24.6 Å². The largest absolute Gasteiger partial charge is 0.395 e. The molecule has 0 unspecified atom stereocenters. The van der Waals surface area contributed by atoms with E-state index in [1.807, 2.05) is 0 Å². The lowest BCUT2D eigenvalue weighted by Crippen LogP contribution is -2.46. The predicted octanol–water partition coefficient (Wildman–Crippen LogP) is -5.82. The number of hydrogen-bond acceptors (Lipinski definition) is 12. The normalized spacial score (nSPS) is 21.1. The highest BCUT2D eigenvalue weighted by atomic mass is 32.1. The van der Waals surface area contributed by atoms with Crippen molar-refractivity contribution in [2.75, 3.05) is 13.2 Å². The highest BCUT2D eigenvalue weighted by Gasteiger charge is 2.29. The summed E-state index contributed by atoms with van der Waals surface area (Å²) in [6.07, 6.45) is -11.4. The van der Waals surface area contributed by atoms with E-state index < -0.39 is 61.2 Å². The van der Waals surface area contributed by atoms with Crippen LogP contribution in [0.25, 0.3) is 0 Å². The van der Waals surface area contributed by atoms with Gasteiger partial charge in [-0.1, -0.05) is 0 Å². The molecule has 0 spiro atoms. The molecule has 144 valence electrons. The lowest BCUT2D eigenvalue weighted by Gasteiger charge is -2.22. The Hall–Kier alpha value is -0.670. The van der Waals surface area contributed by atoms with Crippen LogP contribution in [0.5, 0.6) is 0 Å². The molecule has 0 aromatic carbocycles. The zero-order chi connectivity index (χ0) is 19.4. The van der Waals surface area contributed by atoms with Crippen molar-refractivity contribution < 1.29 is 55.5 Å². The highest BCUT2D eigenvalue weighted by molar-refractivity contribution is 7.81. The molecule has 0 bridgehead atoms. The standard InChI is InChI=1S/C6H12O6.C6H12O5S/c7-1-3(9)5(11)6(12)4(10)2-8;7-1-3(9)5(10)6(11)4(12)2-8/h2*1,3-6,8-12H,2H2/t2*3-,4+,5+,6+/m00/s1. The molecule has 0 amide bonds. The van der Waals surface area contributed by atoms with E-state index in [0.29, 0.717) is 0 Å². The first kappa shape index (κ1) is 25.6. The van der Waals surface area contributed by atoms with Gasteiger partial charge in [-0.2, -0.15) is 12.6 Å². The smallest absolute Gasteiger partial charge is 0.151 e. The van der Waals surface area contributed by atoms with E-state index in [1.165, 1.54) is 0 Å². The average Bonchev–Trinajstić information content (AvgIpc) is 2.62. The Balaban J connectivity index is 0. The van der Waals surface area contributed by atoms with Crippen molar-refractivity contribution in [3.8, 4) is 0 Å².